The van der Waals surface area contributed by atoms with Crippen LogP contribution < -0.4 is 4.90 Å². The van der Waals surface area contributed by atoms with Crippen LogP contribution in [-0.4, -0.2) is 52.1 Å². The molecule has 0 unspecified atom stereocenters. The fourth-order valence-electron chi connectivity index (χ4n) is 3.30. The minimum absolute atomic E-state index is 0.0491. The SMILES string of the molecule is O=C(c1nocc1-c1cccc(Cl)c1)N1CCN(c2ncccc2[N+](=O)[O-])CC1. The van der Waals surface area contributed by atoms with Crippen LogP contribution in [0.2, 0.25) is 5.02 Å². The fourth-order valence-corrected chi connectivity index (χ4v) is 3.49. The summed E-state index contributed by atoms with van der Waals surface area (Å²) < 4.78 is 5.05. The molecule has 9 nitrogen and oxygen atoms in total. The smallest absolute Gasteiger partial charge is 0.311 e. The lowest BCUT2D eigenvalue weighted by Crippen LogP contribution is -2.49. The zero-order chi connectivity index (χ0) is 20.4. The van der Waals surface area contributed by atoms with Crippen molar-refractivity contribution in [3.63, 3.8) is 0 Å². The summed E-state index contributed by atoms with van der Waals surface area (Å²) in [6.07, 6.45) is 2.94. The largest absolute Gasteiger partial charge is 0.363 e. The first-order chi connectivity index (χ1) is 14.0. The summed E-state index contributed by atoms with van der Waals surface area (Å²) in [6.45, 7) is 1.62. The molecule has 0 bridgehead atoms. The van der Waals surface area contributed by atoms with Gasteiger partial charge in [0.1, 0.15) is 6.26 Å². The number of hydrogen-bond donors (Lipinski definition) is 0. The molecule has 148 valence electrons. The van der Waals surface area contributed by atoms with Crippen molar-refractivity contribution < 1.29 is 14.2 Å². The van der Waals surface area contributed by atoms with Gasteiger partial charge in [0.05, 0.1) is 10.5 Å². The van der Waals surface area contributed by atoms with E-state index in [1.54, 1.807) is 23.1 Å². The Morgan fingerprint density at radius 2 is 1.97 bits per heavy atom. The van der Waals surface area contributed by atoms with Crippen LogP contribution in [0.4, 0.5) is 11.5 Å². The first kappa shape index (κ1) is 18.9. The number of halogens is 1. The number of carbonyl (C=O) groups excluding carboxylic acids is 1. The number of piperazine rings is 1. The molecule has 1 aromatic carbocycles. The van der Waals surface area contributed by atoms with Crippen LogP contribution in [0.1, 0.15) is 10.5 Å². The highest BCUT2D eigenvalue weighted by atomic mass is 35.5. The number of benzene rings is 1. The number of anilines is 1. The number of hydrogen-bond acceptors (Lipinski definition) is 7. The van der Waals surface area contributed by atoms with Crippen LogP contribution in [-0.2, 0) is 0 Å². The zero-order valence-electron chi connectivity index (χ0n) is 15.2. The topological polar surface area (TPSA) is 106 Å². The highest BCUT2D eigenvalue weighted by Crippen LogP contribution is 2.28. The summed E-state index contributed by atoms with van der Waals surface area (Å²) in [6, 6.07) is 10.1. The maximum atomic E-state index is 13.0. The highest BCUT2D eigenvalue weighted by Gasteiger charge is 2.29. The number of amides is 1. The Balaban J connectivity index is 1.50. The molecular weight excluding hydrogens is 398 g/mol. The van der Waals surface area contributed by atoms with Crippen molar-refractivity contribution >= 4 is 29.0 Å². The third kappa shape index (κ3) is 3.77. The van der Waals surface area contributed by atoms with E-state index in [2.05, 4.69) is 10.1 Å². The molecule has 1 aliphatic rings. The van der Waals surface area contributed by atoms with Gasteiger partial charge in [-0.25, -0.2) is 4.98 Å². The maximum Gasteiger partial charge on any atom is 0.311 e. The first-order valence-electron chi connectivity index (χ1n) is 8.88. The lowest BCUT2D eigenvalue weighted by atomic mass is 10.1. The lowest BCUT2D eigenvalue weighted by Gasteiger charge is -2.34. The molecule has 0 saturated carbocycles. The predicted molar refractivity (Wildman–Crippen MR) is 106 cm³/mol. The number of carbonyl (C=O) groups is 1. The fraction of sp³-hybridized carbons (Fsp3) is 0.211. The van der Waals surface area contributed by atoms with E-state index < -0.39 is 4.92 Å². The van der Waals surface area contributed by atoms with Gasteiger partial charge in [-0.2, -0.15) is 0 Å². The average Bonchev–Trinajstić information content (AvgIpc) is 3.23. The van der Waals surface area contributed by atoms with Crippen LogP contribution in [0, 0.1) is 10.1 Å². The van der Waals surface area contributed by atoms with Gasteiger partial charge in [-0.15, -0.1) is 0 Å². The molecule has 1 fully saturated rings. The number of nitrogens with zero attached hydrogens (tertiary/aromatic N) is 5. The number of pyridine rings is 1. The summed E-state index contributed by atoms with van der Waals surface area (Å²) in [5.41, 5.74) is 1.47. The van der Waals surface area contributed by atoms with E-state index in [0.717, 1.165) is 5.56 Å². The molecule has 1 saturated heterocycles. The molecule has 29 heavy (non-hydrogen) atoms. The van der Waals surface area contributed by atoms with E-state index >= 15 is 0 Å². The molecule has 1 amide bonds. The molecule has 2 aromatic heterocycles. The lowest BCUT2D eigenvalue weighted by molar-refractivity contribution is -0.384. The Hall–Kier alpha value is -3.46. The summed E-state index contributed by atoms with van der Waals surface area (Å²) >= 11 is 6.05. The van der Waals surface area contributed by atoms with Gasteiger partial charge in [-0.05, 0) is 23.8 Å². The molecule has 0 aliphatic carbocycles. The highest BCUT2D eigenvalue weighted by molar-refractivity contribution is 6.30. The van der Waals surface area contributed by atoms with E-state index in [9.17, 15) is 14.9 Å². The Morgan fingerprint density at radius 1 is 1.17 bits per heavy atom. The second-order valence-electron chi connectivity index (χ2n) is 6.47. The minimum Gasteiger partial charge on any atom is -0.363 e. The Morgan fingerprint density at radius 3 is 2.69 bits per heavy atom. The third-order valence-electron chi connectivity index (χ3n) is 4.74. The van der Waals surface area contributed by atoms with Gasteiger partial charge >= 0.3 is 5.69 Å². The summed E-state index contributed by atoms with van der Waals surface area (Å²) in [5, 5.41) is 15.7. The number of rotatable bonds is 4. The Kier molecular flexibility index (Phi) is 5.13. The molecule has 3 heterocycles. The van der Waals surface area contributed by atoms with Crippen LogP contribution >= 0.6 is 11.6 Å². The van der Waals surface area contributed by atoms with E-state index in [4.69, 9.17) is 16.1 Å². The normalized spacial score (nSPS) is 14.1. The molecule has 0 spiro atoms. The van der Waals surface area contributed by atoms with Crippen LogP contribution in [0.15, 0.2) is 53.4 Å². The van der Waals surface area contributed by atoms with E-state index in [1.807, 2.05) is 11.0 Å². The van der Waals surface area contributed by atoms with Crippen molar-refractivity contribution in [1.29, 1.82) is 0 Å². The van der Waals surface area contributed by atoms with Crippen molar-refractivity contribution in [2.24, 2.45) is 0 Å². The molecule has 3 aromatic rings. The summed E-state index contributed by atoms with van der Waals surface area (Å²) in [4.78, 5) is 31.4. The molecule has 0 N–H and O–H groups in total. The zero-order valence-corrected chi connectivity index (χ0v) is 16.0. The van der Waals surface area contributed by atoms with Gasteiger partial charge in [0.15, 0.2) is 5.69 Å². The van der Waals surface area contributed by atoms with Gasteiger partial charge in [0.25, 0.3) is 5.91 Å². The monoisotopic (exact) mass is 413 g/mol. The van der Waals surface area contributed by atoms with E-state index in [0.29, 0.717) is 42.6 Å². The predicted octanol–water partition coefficient (Wildman–Crippen LogP) is 3.26. The van der Waals surface area contributed by atoms with Crippen molar-refractivity contribution in [2.45, 2.75) is 0 Å². The molecule has 0 radical (unpaired) electrons. The van der Waals surface area contributed by atoms with Crippen molar-refractivity contribution in [1.82, 2.24) is 15.0 Å². The summed E-state index contributed by atoms with van der Waals surface area (Å²) in [7, 11) is 0. The average molecular weight is 414 g/mol. The third-order valence-corrected chi connectivity index (χ3v) is 4.97. The van der Waals surface area contributed by atoms with Gasteiger partial charge in [-0.1, -0.05) is 28.9 Å². The second-order valence-corrected chi connectivity index (χ2v) is 6.91. The van der Waals surface area contributed by atoms with E-state index in [-0.39, 0.29) is 17.3 Å². The minimum atomic E-state index is -0.452. The number of nitro groups is 1. The van der Waals surface area contributed by atoms with Crippen LogP contribution in [0.3, 0.4) is 0 Å². The van der Waals surface area contributed by atoms with Crippen molar-refractivity contribution in [3.8, 4) is 11.1 Å². The van der Waals surface area contributed by atoms with Gasteiger partial charge in [-0.3, -0.25) is 14.9 Å². The molecule has 4 rings (SSSR count). The Bertz CT molecular complexity index is 1060. The molecule has 0 atom stereocenters. The maximum absolute atomic E-state index is 13.0. The molecular formula is C19H16ClN5O4. The standard InChI is InChI=1S/C19H16ClN5O4/c20-14-4-1-3-13(11-14)15-12-29-22-17(15)19(26)24-9-7-23(8-10-24)18-16(25(27)28)5-2-6-21-18/h1-6,11-12H,7-10H2. The van der Waals surface area contributed by atoms with Gasteiger partial charge < -0.3 is 14.3 Å². The van der Waals surface area contributed by atoms with E-state index in [1.165, 1.54) is 24.6 Å². The van der Waals surface area contributed by atoms with Crippen molar-refractivity contribution in [2.75, 3.05) is 31.1 Å². The Labute approximate surface area is 170 Å². The van der Waals surface area contributed by atoms with Crippen LogP contribution in [0.5, 0.6) is 0 Å². The van der Waals surface area contributed by atoms with Crippen molar-refractivity contribution in [3.05, 3.63) is 69.7 Å². The number of aromatic nitrogens is 2. The van der Waals surface area contributed by atoms with Gasteiger partial charge in [0.2, 0.25) is 5.82 Å². The van der Waals surface area contributed by atoms with Crippen LogP contribution in [0.25, 0.3) is 11.1 Å². The summed E-state index contributed by atoms with van der Waals surface area (Å²) in [5.74, 6) is 0.0505. The molecule has 1 aliphatic heterocycles. The molecule has 10 heteroatoms. The first-order valence-corrected chi connectivity index (χ1v) is 9.26. The quantitative estimate of drug-likeness (QED) is 0.477. The van der Waals surface area contributed by atoms with Gasteiger partial charge in [0, 0.05) is 43.5 Å². The second kappa shape index (κ2) is 7.88.